The number of urea groups is 1. The van der Waals surface area contributed by atoms with Crippen LogP contribution in [0.5, 0.6) is 5.75 Å². The molecule has 1 aromatic carbocycles. The lowest BCUT2D eigenvalue weighted by molar-refractivity contribution is 0.253. The van der Waals surface area contributed by atoms with Gasteiger partial charge < -0.3 is 21.1 Å². The molecule has 0 aromatic heterocycles. The fourth-order valence-corrected chi connectivity index (χ4v) is 1.89. The van der Waals surface area contributed by atoms with E-state index in [1.165, 1.54) is 18.4 Å². The van der Waals surface area contributed by atoms with Gasteiger partial charge in [-0.25, -0.2) is 4.79 Å². The largest absolute Gasteiger partial charge is 0.491 e. The molecule has 0 heterocycles. The molecule has 4 N–H and O–H groups in total. The van der Waals surface area contributed by atoms with Crippen molar-refractivity contribution in [2.75, 3.05) is 25.5 Å². The molecule has 19 heavy (non-hydrogen) atoms. The van der Waals surface area contributed by atoms with E-state index in [1.54, 1.807) is 7.05 Å². The van der Waals surface area contributed by atoms with Crippen LogP contribution in [0.1, 0.15) is 30.7 Å². The third-order valence-electron chi connectivity index (χ3n) is 3.13. The molecular weight excluding hydrogens is 242 g/mol. The molecule has 0 aliphatic heterocycles. The van der Waals surface area contributed by atoms with Crippen LogP contribution in [0.2, 0.25) is 0 Å². The van der Waals surface area contributed by atoms with Gasteiger partial charge in [-0.15, -0.1) is 0 Å². The maximum Gasteiger partial charge on any atom is 0.319 e. The van der Waals surface area contributed by atoms with Crippen molar-refractivity contribution in [3.63, 3.8) is 0 Å². The van der Waals surface area contributed by atoms with Crippen LogP contribution in [-0.2, 0) is 0 Å². The van der Waals surface area contributed by atoms with E-state index in [0.717, 1.165) is 12.1 Å². The fraction of sp³-hybridized carbons (Fsp3) is 0.500. The van der Waals surface area contributed by atoms with Gasteiger partial charge in [-0.1, -0.05) is 6.07 Å². The summed E-state index contributed by atoms with van der Waals surface area (Å²) >= 11 is 0. The highest BCUT2D eigenvalue weighted by atomic mass is 16.5. The van der Waals surface area contributed by atoms with Gasteiger partial charge in [0.15, 0.2) is 0 Å². The zero-order valence-corrected chi connectivity index (χ0v) is 11.2. The molecule has 1 aromatic rings. The molecule has 5 nitrogen and oxygen atoms in total. The summed E-state index contributed by atoms with van der Waals surface area (Å²) in [6.07, 6.45) is 3.25. The van der Waals surface area contributed by atoms with Crippen LogP contribution in [0.15, 0.2) is 18.2 Å². The Kier molecular flexibility index (Phi) is 4.63. The lowest BCUT2D eigenvalue weighted by Gasteiger charge is -2.13. The van der Waals surface area contributed by atoms with Crippen LogP contribution >= 0.6 is 0 Å². The van der Waals surface area contributed by atoms with E-state index in [-0.39, 0.29) is 6.03 Å². The Morgan fingerprint density at radius 3 is 2.89 bits per heavy atom. The predicted molar refractivity (Wildman–Crippen MR) is 75.7 cm³/mol. The number of carbonyl (C=O) groups is 1. The lowest BCUT2D eigenvalue weighted by atomic mass is 10.1. The van der Waals surface area contributed by atoms with E-state index < -0.39 is 0 Å². The van der Waals surface area contributed by atoms with E-state index in [4.69, 9.17) is 10.5 Å². The number of ether oxygens (including phenoxy) is 1. The predicted octanol–water partition coefficient (Wildman–Crippen LogP) is 2.04. The van der Waals surface area contributed by atoms with Gasteiger partial charge in [-0.2, -0.15) is 0 Å². The highest BCUT2D eigenvalue weighted by Crippen LogP contribution is 2.42. The van der Waals surface area contributed by atoms with E-state index in [1.807, 2.05) is 12.1 Å². The minimum Gasteiger partial charge on any atom is -0.491 e. The highest BCUT2D eigenvalue weighted by Gasteiger charge is 2.24. The monoisotopic (exact) mass is 263 g/mol. The first kappa shape index (κ1) is 13.7. The maximum absolute atomic E-state index is 11.5. The lowest BCUT2D eigenvalue weighted by Crippen LogP contribution is -2.25. The molecule has 1 fully saturated rings. The summed E-state index contributed by atoms with van der Waals surface area (Å²) in [5, 5.41) is 5.35. The summed E-state index contributed by atoms with van der Waals surface area (Å²) in [4.78, 5) is 11.5. The van der Waals surface area contributed by atoms with E-state index in [0.29, 0.717) is 24.8 Å². The standard InChI is InChI=1S/C14H21N3O2/c1-16-14(18)17-12-9-11(10-3-4-10)5-6-13(12)19-8-2-7-15/h5-6,9-10H,2-4,7-8,15H2,1H3,(H2,16,17,18). The van der Waals surface area contributed by atoms with Gasteiger partial charge in [0.2, 0.25) is 0 Å². The van der Waals surface area contributed by atoms with Crippen LogP contribution in [0.25, 0.3) is 0 Å². The minimum atomic E-state index is -0.239. The first-order valence-corrected chi connectivity index (χ1v) is 6.70. The number of hydrogen-bond acceptors (Lipinski definition) is 3. The molecule has 1 aliphatic carbocycles. The van der Waals surface area contributed by atoms with Crippen molar-refractivity contribution in [3.05, 3.63) is 23.8 Å². The van der Waals surface area contributed by atoms with Crippen LogP contribution in [0.3, 0.4) is 0 Å². The molecule has 104 valence electrons. The van der Waals surface area contributed by atoms with Gasteiger partial charge in [0, 0.05) is 7.05 Å². The number of rotatable bonds is 6. The van der Waals surface area contributed by atoms with Gasteiger partial charge in [-0.3, -0.25) is 0 Å². The first-order chi connectivity index (χ1) is 9.24. The summed E-state index contributed by atoms with van der Waals surface area (Å²) in [5.74, 6) is 1.34. The smallest absolute Gasteiger partial charge is 0.319 e. The van der Waals surface area contributed by atoms with Crippen molar-refractivity contribution in [2.24, 2.45) is 5.73 Å². The summed E-state index contributed by atoms with van der Waals surface area (Å²) in [6, 6.07) is 5.77. The number of benzene rings is 1. The zero-order valence-electron chi connectivity index (χ0n) is 11.2. The topological polar surface area (TPSA) is 76.4 Å². The maximum atomic E-state index is 11.5. The SMILES string of the molecule is CNC(=O)Nc1cc(C2CC2)ccc1OCCCN. The quantitative estimate of drug-likeness (QED) is 0.687. The summed E-state index contributed by atoms with van der Waals surface area (Å²) < 4.78 is 5.66. The number of nitrogens with two attached hydrogens (primary N) is 1. The van der Waals surface area contributed by atoms with Crippen molar-refractivity contribution in [1.29, 1.82) is 0 Å². The zero-order chi connectivity index (χ0) is 13.7. The van der Waals surface area contributed by atoms with Crippen molar-refractivity contribution < 1.29 is 9.53 Å². The van der Waals surface area contributed by atoms with Crippen LogP contribution in [0.4, 0.5) is 10.5 Å². The number of hydrogen-bond donors (Lipinski definition) is 3. The molecule has 2 amide bonds. The molecule has 0 spiro atoms. The average Bonchev–Trinajstić information content (AvgIpc) is 3.25. The second-order valence-electron chi connectivity index (χ2n) is 4.72. The number of carbonyl (C=O) groups excluding carboxylic acids is 1. The molecule has 0 unspecified atom stereocenters. The molecule has 0 bridgehead atoms. The Bertz CT molecular complexity index is 444. The van der Waals surface area contributed by atoms with Crippen LogP contribution in [-0.4, -0.2) is 26.2 Å². The van der Waals surface area contributed by atoms with Gasteiger partial charge in [0.25, 0.3) is 0 Å². The molecule has 0 saturated heterocycles. The van der Waals surface area contributed by atoms with E-state index >= 15 is 0 Å². The molecular formula is C14H21N3O2. The molecule has 0 radical (unpaired) electrons. The summed E-state index contributed by atoms with van der Waals surface area (Å²) in [5.41, 5.74) is 7.43. The number of anilines is 1. The van der Waals surface area contributed by atoms with E-state index in [2.05, 4.69) is 16.7 Å². The second kappa shape index (κ2) is 6.43. The van der Waals surface area contributed by atoms with Crippen molar-refractivity contribution in [1.82, 2.24) is 5.32 Å². The third-order valence-corrected chi connectivity index (χ3v) is 3.13. The summed E-state index contributed by atoms with van der Waals surface area (Å²) in [6.45, 7) is 1.15. The molecule has 5 heteroatoms. The van der Waals surface area contributed by atoms with Gasteiger partial charge >= 0.3 is 6.03 Å². The van der Waals surface area contributed by atoms with Crippen LogP contribution in [0, 0.1) is 0 Å². The number of nitrogens with one attached hydrogen (secondary N) is 2. The number of amides is 2. The second-order valence-corrected chi connectivity index (χ2v) is 4.72. The Balaban J connectivity index is 2.12. The van der Waals surface area contributed by atoms with Gasteiger partial charge in [0.05, 0.1) is 12.3 Å². The first-order valence-electron chi connectivity index (χ1n) is 6.70. The van der Waals surface area contributed by atoms with Gasteiger partial charge in [-0.05, 0) is 49.4 Å². The normalized spacial score (nSPS) is 14.0. The minimum absolute atomic E-state index is 0.239. The van der Waals surface area contributed by atoms with Crippen molar-refractivity contribution in [3.8, 4) is 5.75 Å². The van der Waals surface area contributed by atoms with Crippen LogP contribution < -0.4 is 21.1 Å². The average molecular weight is 263 g/mol. The fourth-order valence-electron chi connectivity index (χ4n) is 1.89. The highest BCUT2D eigenvalue weighted by molar-refractivity contribution is 5.90. The van der Waals surface area contributed by atoms with E-state index in [9.17, 15) is 4.79 Å². The van der Waals surface area contributed by atoms with Gasteiger partial charge in [0.1, 0.15) is 5.75 Å². The summed E-state index contributed by atoms with van der Waals surface area (Å²) in [7, 11) is 1.59. The Morgan fingerprint density at radius 2 is 2.26 bits per heavy atom. The molecule has 1 saturated carbocycles. The van der Waals surface area contributed by atoms with Crippen molar-refractivity contribution in [2.45, 2.75) is 25.2 Å². The third kappa shape index (κ3) is 3.86. The Hall–Kier alpha value is -1.75. The molecule has 2 rings (SSSR count). The van der Waals surface area contributed by atoms with Crippen molar-refractivity contribution >= 4 is 11.7 Å². The Labute approximate surface area is 113 Å². The molecule has 0 atom stereocenters. The Morgan fingerprint density at radius 1 is 1.47 bits per heavy atom. The molecule has 1 aliphatic rings.